The standard InChI is InChI=1S/C15H28N2O4/c1-11(2)7-12(8-13(18)19)9-16-14(20)17-15(3)5-4-6-21-10-15/h11-12H,4-10H2,1-3H3,(H,18,19)(H2,16,17,20)/t12-,15?/m0/s1. The third-order valence-electron chi connectivity index (χ3n) is 3.67. The first-order chi connectivity index (χ1) is 9.81. The third-order valence-corrected chi connectivity index (χ3v) is 3.67. The van der Waals surface area contributed by atoms with Gasteiger partial charge in [0.05, 0.1) is 12.1 Å². The molecule has 0 bridgehead atoms. The highest BCUT2D eigenvalue weighted by molar-refractivity contribution is 5.75. The van der Waals surface area contributed by atoms with Crippen LogP contribution in [0, 0.1) is 11.8 Å². The molecule has 0 aromatic rings. The van der Waals surface area contributed by atoms with Crippen LogP contribution in [0.4, 0.5) is 4.79 Å². The van der Waals surface area contributed by atoms with E-state index in [2.05, 4.69) is 24.5 Å². The summed E-state index contributed by atoms with van der Waals surface area (Å²) in [5, 5.41) is 14.7. The van der Waals surface area contributed by atoms with Gasteiger partial charge in [-0.3, -0.25) is 4.79 Å². The predicted molar refractivity (Wildman–Crippen MR) is 80.2 cm³/mol. The van der Waals surface area contributed by atoms with Crippen LogP contribution in [-0.2, 0) is 9.53 Å². The Balaban J connectivity index is 2.39. The fraction of sp³-hybridized carbons (Fsp3) is 0.867. The number of urea groups is 1. The van der Waals surface area contributed by atoms with Crippen molar-refractivity contribution in [1.29, 1.82) is 0 Å². The van der Waals surface area contributed by atoms with E-state index < -0.39 is 5.97 Å². The average Bonchev–Trinajstić information content (AvgIpc) is 2.35. The molecule has 1 saturated heterocycles. The molecule has 0 radical (unpaired) electrons. The maximum absolute atomic E-state index is 12.0. The van der Waals surface area contributed by atoms with Gasteiger partial charge in [0.2, 0.25) is 0 Å². The number of hydrogen-bond donors (Lipinski definition) is 3. The molecule has 1 heterocycles. The zero-order valence-corrected chi connectivity index (χ0v) is 13.3. The largest absolute Gasteiger partial charge is 0.481 e. The van der Waals surface area contributed by atoms with E-state index in [9.17, 15) is 9.59 Å². The fourth-order valence-electron chi connectivity index (χ4n) is 2.74. The lowest BCUT2D eigenvalue weighted by molar-refractivity contribution is -0.138. The van der Waals surface area contributed by atoms with Crippen molar-refractivity contribution in [3.8, 4) is 0 Å². The minimum atomic E-state index is -0.824. The summed E-state index contributed by atoms with van der Waals surface area (Å²) in [6.07, 6.45) is 2.70. The summed E-state index contributed by atoms with van der Waals surface area (Å²) in [6.45, 7) is 7.71. The smallest absolute Gasteiger partial charge is 0.315 e. The number of rotatable bonds is 7. The van der Waals surface area contributed by atoms with E-state index in [4.69, 9.17) is 9.84 Å². The molecule has 6 heteroatoms. The van der Waals surface area contributed by atoms with Crippen LogP contribution in [0.2, 0.25) is 0 Å². The minimum absolute atomic E-state index is 0.0383. The van der Waals surface area contributed by atoms with Gasteiger partial charge in [-0.15, -0.1) is 0 Å². The summed E-state index contributed by atoms with van der Waals surface area (Å²) in [6, 6.07) is -0.248. The molecule has 1 aliphatic heterocycles. The first-order valence-electron chi connectivity index (χ1n) is 7.66. The van der Waals surface area contributed by atoms with E-state index in [1.54, 1.807) is 0 Å². The van der Waals surface area contributed by atoms with E-state index in [1.165, 1.54) is 0 Å². The summed E-state index contributed by atoms with van der Waals surface area (Å²) in [4.78, 5) is 22.8. The molecule has 0 aromatic heterocycles. The van der Waals surface area contributed by atoms with Crippen molar-refractivity contribution in [2.75, 3.05) is 19.8 Å². The maximum atomic E-state index is 12.0. The molecule has 1 aliphatic rings. The van der Waals surface area contributed by atoms with Crippen molar-refractivity contribution in [2.24, 2.45) is 11.8 Å². The number of carbonyl (C=O) groups excluding carboxylic acids is 1. The van der Waals surface area contributed by atoms with Gasteiger partial charge in [0.15, 0.2) is 0 Å². The van der Waals surface area contributed by atoms with Gasteiger partial charge in [-0.05, 0) is 38.0 Å². The van der Waals surface area contributed by atoms with Crippen LogP contribution in [0.3, 0.4) is 0 Å². The Morgan fingerprint density at radius 1 is 1.38 bits per heavy atom. The Morgan fingerprint density at radius 2 is 2.10 bits per heavy atom. The molecular weight excluding hydrogens is 272 g/mol. The molecule has 2 atom stereocenters. The molecule has 122 valence electrons. The Bertz CT molecular complexity index is 352. The number of ether oxygens (including phenoxy) is 1. The third kappa shape index (κ3) is 7.32. The van der Waals surface area contributed by atoms with Crippen LogP contribution >= 0.6 is 0 Å². The highest BCUT2D eigenvalue weighted by Crippen LogP contribution is 2.18. The Morgan fingerprint density at radius 3 is 2.62 bits per heavy atom. The van der Waals surface area contributed by atoms with E-state index >= 15 is 0 Å². The molecular formula is C15H28N2O4. The van der Waals surface area contributed by atoms with Crippen LogP contribution in [-0.4, -0.2) is 42.4 Å². The van der Waals surface area contributed by atoms with Crippen LogP contribution in [0.15, 0.2) is 0 Å². The molecule has 1 fully saturated rings. The second-order valence-electron chi connectivity index (χ2n) is 6.65. The van der Waals surface area contributed by atoms with Crippen molar-refractivity contribution in [3.63, 3.8) is 0 Å². The maximum Gasteiger partial charge on any atom is 0.315 e. The van der Waals surface area contributed by atoms with Gasteiger partial charge in [-0.25, -0.2) is 4.79 Å². The van der Waals surface area contributed by atoms with E-state index in [0.29, 0.717) is 19.1 Å². The molecule has 0 saturated carbocycles. The lowest BCUT2D eigenvalue weighted by atomic mass is 9.94. The van der Waals surface area contributed by atoms with Gasteiger partial charge in [0, 0.05) is 19.6 Å². The Labute approximate surface area is 126 Å². The average molecular weight is 300 g/mol. The highest BCUT2D eigenvalue weighted by atomic mass is 16.5. The first-order valence-corrected chi connectivity index (χ1v) is 7.66. The van der Waals surface area contributed by atoms with Gasteiger partial charge in [0.25, 0.3) is 0 Å². The highest BCUT2D eigenvalue weighted by Gasteiger charge is 2.29. The SMILES string of the molecule is CC(C)C[C@H](CNC(=O)NC1(C)CCCOC1)CC(=O)O. The van der Waals surface area contributed by atoms with Crippen molar-refractivity contribution in [2.45, 2.75) is 52.0 Å². The second kappa shape index (κ2) is 8.22. The zero-order chi connectivity index (χ0) is 15.9. The molecule has 1 rings (SSSR count). The summed E-state index contributed by atoms with van der Waals surface area (Å²) in [5.74, 6) is -0.456. The molecule has 1 unspecified atom stereocenters. The topological polar surface area (TPSA) is 87.7 Å². The second-order valence-corrected chi connectivity index (χ2v) is 6.65. The summed E-state index contributed by atoms with van der Waals surface area (Å²) >= 11 is 0. The number of amides is 2. The van der Waals surface area contributed by atoms with Gasteiger partial charge < -0.3 is 20.5 Å². The van der Waals surface area contributed by atoms with Crippen LogP contribution < -0.4 is 10.6 Å². The van der Waals surface area contributed by atoms with E-state index in [0.717, 1.165) is 25.9 Å². The number of carboxylic acids is 1. The predicted octanol–water partition coefficient (Wildman–Crippen LogP) is 1.99. The van der Waals surface area contributed by atoms with E-state index in [1.807, 2.05) is 6.92 Å². The van der Waals surface area contributed by atoms with Crippen molar-refractivity contribution in [3.05, 3.63) is 0 Å². The molecule has 0 aromatic carbocycles. The van der Waals surface area contributed by atoms with E-state index in [-0.39, 0.29) is 23.9 Å². The number of nitrogens with one attached hydrogen (secondary N) is 2. The molecule has 6 nitrogen and oxygen atoms in total. The lowest BCUT2D eigenvalue weighted by Gasteiger charge is -2.34. The quantitative estimate of drug-likeness (QED) is 0.671. The molecule has 2 amide bonds. The number of carboxylic acid groups (broad SMARTS) is 1. The monoisotopic (exact) mass is 300 g/mol. The molecule has 3 N–H and O–H groups in total. The van der Waals surface area contributed by atoms with Crippen LogP contribution in [0.25, 0.3) is 0 Å². The van der Waals surface area contributed by atoms with Crippen molar-refractivity contribution in [1.82, 2.24) is 10.6 Å². The Kier molecular flexibility index (Phi) is 6.95. The Hall–Kier alpha value is -1.30. The summed E-state index contributed by atoms with van der Waals surface area (Å²) in [5.41, 5.74) is -0.331. The van der Waals surface area contributed by atoms with Gasteiger partial charge >= 0.3 is 12.0 Å². The summed E-state index contributed by atoms with van der Waals surface area (Å²) < 4.78 is 5.40. The molecule has 0 aliphatic carbocycles. The van der Waals surface area contributed by atoms with Crippen LogP contribution in [0.5, 0.6) is 0 Å². The summed E-state index contributed by atoms with van der Waals surface area (Å²) in [7, 11) is 0. The van der Waals surface area contributed by atoms with Crippen molar-refractivity contribution < 1.29 is 19.4 Å². The molecule has 0 spiro atoms. The normalized spacial score (nSPS) is 23.6. The first kappa shape index (κ1) is 17.8. The lowest BCUT2D eigenvalue weighted by Crippen LogP contribution is -2.55. The van der Waals surface area contributed by atoms with Gasteiger partial charge in [-0.1, -0.05) is 13.8 Å². The number of aliphatic carboxylic acids is 1. The number of carbonyl (C=O) groups is 2. The fourth-order valence-corrected chi connectivity index (χ4v) is 2.74. The van der Waals surface area contributed by atoms with Crippen molar-refractivity contribution >= 4 is 12.0 Å². The van der Waals surface area contributed by atoms with Gasteiger partial charge in [-0.2, -0.15) is 0 Å². The number of hydrogen-bond acceptors (Lipinski definition) is 3. The minimum Gasteiger partial charge on any atom is -0.481 e. The van der Waals surface area contributed by atoms with Crippen LogP contribution in [0.1, 0.15) is 46.5 Å². The zero-order valence-electron chi connectivity index (χ0n) is 13.3. The molecule has 21 heavy (non-hydrogen) atoms. The van der Waals surface area contributed by atoms with Gasteiger partial charge in [0.1, 0.15) is 0 Å².